The number of hydrogen-bond acceptors (Lipinski definition) is 3. The lowest BCUT2D eigenvalue weighted by molar-refractivity contribution is 0.173. The van der Waals surface area contributed by atoms with E-state index in [2.05, 4.69) is 26.2 Å². The molecule has 3 heteroatoms. The summed E-state index contributed by atoms with van der Waals surface area (Å²) in [4.78, 5) is 6.23. The summed E-state index contributed by atoms with van der Waals surface area (Å²) in [5.74, 6) is 1.97. The maximum atomic E-state index is 4.85. The molecule has 0 bridgehead atoms. The average molecular weight is 264 g/mol. The molecule has 3 rings (SSSR count). The lowest BCUT2D eigenvalue weighted by atomic mass is 9.74. The molecule has 0 spiro atoms. The number of thiazole rings is 1. The Morgan fingerprint density at radius 2 is 2.00 bits per heavy atom. The van der Waals surface area contributed by atoms with Gasteiger partial charge in [-0.25, -0.2) is 4.98 Å². The zero-order valence-corrected chi connectivity index (χ0v) is 12.6. The molecule has 2 fully saturated rings. The number of aryl methyl sites for hydroxylation is 2. The molecule has 2 unspecified atom stereocenters. The maximum Gasteiger partial charge on any atom is 0.113 e. The second-order valence-corrected chi connectivity index (χ2v) is 7.39. The maximum absolute atomic E-state index is 4.85. The van der Waals surface area contributed by atoms with Crippen LogP contribution in [0, 0.1) is 25.7 Å². The summed E-state index contributed by atoms with van der Waals surface area (Å²) in [6.07, 6.45) is 8.32. The molecule has 1 aromatic rings. The molecule has 1 heterocycles. The zero-order chi connectivity index (χ0) is 12.8. The van der Waals surface area contributed by atoms with E-state index in [1.54, 1.807) is 0 Å². The van der Waals surface area contributed by atoms with Gasteiger partial charge in [-0.15, -0.1) is 11.3 Å². The quantitative estimate of drug-likeness (QED) is 0.899. The van der Waals surface area contributed by atoms with E-state index in [9.17, 15) is 0 Å². The lowest BCUT2D eigenvalue weighted by Crippen LogP contribution is -2.44. The zero-order valence-electron chi connectivity index (χ0n) is 11.8. The Bertz CT molecular complexity index is 416. The minimum absolute atomic E-state index is 0.176. The summed E-state index contributed by atoms with van der Waals surface area (Å²) >= 11 is 1.90. The van der Waals surface area contributed by atoms with Gasteiger partial charge in [-0.3, -0.25) is 0 Å². The first kappa shape index (κ1) is 12.6. The Labute approximate surface area is 114 Å². The molecule has 2 aliphatic rings. The molecule has 2 atom stereocenters. The lowest BCUT2D eigenvalue weighted by Gasteiger charge is -2.39. The highest BCUT2D eigenvalue weighted by molar-refractivity contribution is 7.11. The smallest absolute Gasteiger partial charge is 0.113 e. The van der Waals surface area contributed by atoms with E-state index in [4.69, 9.17) is 4.98 Å². The molecule has 100 valence electrons. The topological polar surface area (TPSA) is 24.9 Å². The predicted molar refractivity (Wildman–Crippen MR) is 77.0 cm³/mol. The molecule has 2 saturated carbocycles. The van der Waals surface area contributed by atoms with Crippen LogP contribution in [-0.4, -0.2) is 12.0 Å². The van der Waals surface area contributed by atoms with Gasteiger partial charge >= 0.3 is 0 Å². The summed E-state index contributed by atoms with van der Waals surface area (Å²) in [5.41, 5.74) is 1.40. The third-order valence-corrected chi connectivity index (χ3v) is 6.27. The van der Waals surface area contributed by atoms with Crippen LogP contribution in [0.1, 0.15) is 54.1 Å². The van der Waals surface area contributed by atoms with Gasteiger partial charge in [-0.05, 0) is 58.4 Å². The van der Waals surface area contributed by atoms with E-state index in [0.717, 1.165) is 11.8 Å². The number of rotatable bonds is 3. The van der Waals surface area contributed by atoms with Crippen molar-refractivity contribution in [2.75, 3.05) is 7.05 Å². The summed E-state index contributed by atoms with van der Waals surface area (Å²) in [6, 6.07) is 0. The van der Waals surface area contributed by atoms with E-state index in [0.29, 0.717) is 0 Å². The van der Waals surface area contributed by atoms with Gasteiger partial charge < -0.3 is 5.32 Å². The molecule has 0 radical (unpaired) electrons. The first-order valence-electron chi connectivity index (χ1n) is 7.28. The third kappa shape index (κ3) is 2.12. The van der Waals surface area contributed by atoms with Crippen molar-refractivity contribution in [3.05, 3.63) is 15.6 Å². The van der Waals surface area contributed by atoms with E-state index >= 15 is 0 Å². The van der Waals surface area contributed by atoms with Crippen molar-refractivity contribution in [2.45, 2.75) is 57.9 Å². The number of nitrogens with one attached hydrogen (secondary N) is 1. The van der Waals surface area contributed by atoms with Crippen LogP contribution in [0.5, 0.6) is 0 Å². The van der Waals surface area contributed by atoms with Gasteiger partial charge in [0.25, 0.3) is 0 Å². The van der Waals surface area contributed by atoms with Crippen molar-refractivity contribution in [3.8, 4) is 0 Å². The second-order valence-electron chi connectivity index (χ2n) is 6.19. The highest BCUT2D eigenvalue weighted by Crippen LogP contribution is 2.50. The first-order chi connectivity index (χ1) is 8.64. The Morgan fingerprint density at radius 3 is 2.56 bits per heavy atom. The SMILES string of the molecule is CNC1(c2nc(C)c(C)s2)CCCC(C2CC2)C1. The van der Waals surface area contributed by atoms with Crippen LogP contribution in [-0.2, 0) is 5.54 Å². The van der Waals surface area contributed by atoms with Gasteiger partial charge in [-0.1, -0.05) is 12.8 Å². The van der Waals surface area contributed by atoms with E-state index < -0.39 is 0 Å². The monoisotopic (exact) mass is 264 g/mol. The van der Waals surface area contributed by atoms with Crippen molar-refractivity contribution in [1.82, 2.24) is 10.3 Å². The van der Waals surface area contributed by atoms with Crippen molar-refractivity contribution in [2.24, 2.45) is 11.8 Å². The number of aromatic nitrogens is 1. The standard InChI is InChI=1S/C15H24N2S/c1-10-11(2)18-14(17-10)15(16-3)8-4-5-13(9-15)12-6-7-12/h12-13,16H,4-9H2,1-3H3. The van der Waals surface area contributed by atoms with Crippen molar-refractivity contribution in [1.29, 1.82) is 0 Å². The molecule has 2 nitrogen and oxygen atoms in total. The summed E-state index contributed by atoms with van der Waals surface area (Å²) in [6.45, 7) is 4.33. The Hall–Kier alpha value is -0.410. The van der Waals surface area contributed by atoms with Crippen molar-refractivity contribution < 1.29 is 0 Å². The van der Waals surface area contributed by atoms with E-state index in [-0.39, 0.29) is 5.54 Å². The van der Waals surface area contributed by atoms with Gasteiger partial charge in [-0.2, -0.15) is 0 Å². The molecule has 1 aromatic heterocycles. The molecular formula is C15H24N2S. The van der Waals surface area contributed by atoms with E-state index in [1.165, 1.54) is 54.1 Å². The number of hydrogen-bond donors (Lipinski definition) is 1. The largest absolute Gasteiger partial charge is 0.308 e. The molecular weight excluding hydrogens is 240 g/mol. The highest BCUT2D eigenvalue weighted by atomic mass is 32.1. The third-order valence-electron chi connectivity index (χ3n) is 4.99. The highest BCUT2D eigenvalue weighted by Gasteiger charge is 2.43. The Balaban J connectivity index is 1.88. The van der Waals surface area contributed by atoms with Gasteiger partial charge in [0.05, 0.1) is 11.2 Å². The molecule has 0 aliphatic heterocycles. The van der Waals surface area contributed by atoms with Crippen LogP contribution in [0.2, 0.25) is 0 Å². The minimum Gasteiger partial charge on any atom is -0.308 e. The summed E-state index contributed by atoms with van der Waals surface area (Å²) < 4.78 is 0. The predicted octanol–water partition coefficient (Wildman–Crippen LogP) is 3.77. The van der Waals surface area contributed by atoms with Crippen LogP contribution in [0.25, 0.3) is 0 Å². The fourth-order valence-electron chi connectivity index (χ4n) is 3.49. The summed E-state index contributed by atoms with van der Waals surface area (Å²) in [7, 11) is 2.13. The van der Waals surface area contributed by atoms with Gasteiger partial charge in [0.1, 0.15) is 5.01 Å². The molecule has 2 aliphatic carbocycles. The van der Waals surface area contributed by atoms with Crippen LogP contribution in [0.15, 0.2) is 0 Å². The van der Waals surface area contributed by atoms with Crippen molar-refractivity contribution >= 4 is 11.3 Å². The van der Waals surface area contributed by atoms with Crippen molar-refractivity contribution in [3.63, 3.8) is 0 Å². The normalized spacial score (nSPS) is 32.7. The molecule has 0 aromatic carbocycles. The van der Waals surface area contributed by atoms with Gasteiger partial charge in [0, 0.05) is 4.88 Å². The molecule has 0 amide bonds. The van der Waals surface area contributed by atoms with Gasteiger partial charge in [0.15, 0.2) is 0 Å². The minimum atomic E-state index is 0.176. The van der Waals surface area contributed by atoms with Gasteiger partial charge in [0.2, 0.25) is 0 Å². The van der Waals surface area contributed by atoms with E-state index in [1.807, 2.05) is 11.3 Å². The second kappa shape index (κ2) is 4.61. The fraction of sp³-hybridized carbons (Fsp3) is 0.800. The first-order valence-corrected chi connectivity index (χ1v) is 8.10. The van der Waals surface area contributed by atoms with Crippen LogP contribution in [0.3, 0.4) is 0 Å². The Kier molecular flexibility index (Phi) is 3.23. The average Bonchev–Trinajstić information content (AvgIpc) is 3.17. The van der Waals surface area contributed by atoms with Crippen LogP contribution < -0.4 is 5.32 Å². The van der Waals surface area contributed by atoms with Crippen LogP contribution in [0.4, 0.5) is 0 Å². The number of nitrogens with zero attached hydrogens (tertiary/aromatic N) is 1. The molecule has 18 heavy (non-hydrogen) atoms. The van der Waals surface area contributed by atoms with Crippen LogP contribution >= 0.6 is 11.3 Å². The fourth-order valence-corrected chi connectivity index (χ4v) is 4.64. The summed E-state index contributed by atoms with van der Waals surface area (Å²) in [5, 5.41) is 4.97. The Morgan fingerprint density at radius 1 is 1.22 bits per heavy atom. The molecule has 0 saturated heterocycles. The molecule has 1 N–H and O–H groups in total.